The summed E-state index contributed by atoms with van der Waals surface area (Å²) in [5.41, 5.74) is 0. The SMILES string of the molecule is CN(C[C@@H]1CCCN1C)C(=O)Cn1nnnc1CN1CCOCC1. The van der Waals surface area contributed by atoms with Gasteiger partial charge in [0.05, 0.1) is 19.8 Å². The number of aromatic nitrogens is 4. The van der Waals surface area contributed by atoms with Gasteiger partial charge in [0.2, 0.25) is 5.91 Å². The van der Waals surface area contributed by atoms with Crippen molar-refractivity contribution in [2.24, 2.45) is 0 Å². The Morgan fingerprint density at radius 1 is 1.33 bits per heavy atom. The highest BCUT2D eigenvalue weighted by atomic mass is 16.5. The van der Waals surface area contributed by atoms with Crippen LogP contribution in [0.25, 0.3) is 0 Å². The Hall–Kier alpha value is -1.58. The molecule has 3 heterocycles. The van der Waals surface area contributed by atoms with E-state index in [9.17, 15) is 4.79 Å². The van der Waals surface area contributed by atoms with Crippen molar-refractivity contribution in [2.75, 3.05) is 53.5 Å². The molecular formula is C15H27N7O2. The normalized spacial score (nSPS) is 22.8. The molecule has 0 bridgehead atoms. The summed E-state index contributed by atoms with van der Waals surface area (Å²) in [7, 11) is 3.98. The van der Waals surface area contributed by atoms with Gasteiger partial charge in [-0.25, -0.2) is 4.68 Å². The lowest BCUT2D eigenvalue weighted by atomic mass is 10.2. The zero-order chi connectivity index (χ0) is 16.9. The molecule has 24 heavy (non-hydrogen) atoms. The average molecular weight is 337 g/mol. The van der Waals surface area contributed by atoms with E-state index >= 15 is 0 Å². The van der Waals surface area contributed by atoms with Crippen LogP contribution in [0, 0.1) is 0 Å². The molecule has 0 radical (unpaired) electrons. The molecule has 9 heteroatoms. The van der Waals surface area contributed by atoms with Crippen molar-refractivity contribution >= 4 is 5.91 Å². The van der Waals surface area contributed by atoms with Gasteiger partial charge < -0.3 is 14.5 Å². The van der Waals surface area contributed by atoms with Crippen LogP contribution in [0.4, 0.5) is 0 Å². The summed E-state index contributed by atoms with van der Waals surface area (Å²) in [5, 5.41) is 11.8. The fourth-order valence-corrected chi connectivity index (χ4v) is 3.30. The number of likely N-dealkylation sites (N-methyl/N-ethyl adjacent to an activating group) is 2. The molecule has 0 aliphatic carbocycles. The van der Waals surface area contributed by atoms with Gasteiger partial charge in [0.25, 0.3) is 0 Å². The molecule has 134 valence electrons. The number of carbonyl (C=O) groups excluding carboxylic acids is 1. The van der Waals surface area contributed by atoms with Gasteiger partial charge >= 0.3 is 0 Å². The lowest BCUT2D eigenvalue weighted by Gasteiger charge is -2.27. The molecule has 1 amide bonds. The highest BCUT2D eigenvalue weighted by Gasteiger charge is 2.24. The Morgan fingerprint density at radius 2 is 2.12 bits per heavy atom. The van der Waals surface area contributed by atoms with Crippen LogP contribution in [0.1, 0.15) is 18.7 Å². The van der Waals surface area contributed by atoms with E-state index in [1.54, 1.807) is 9.58 Å². The van der Waals surface area contributed by atoms with Crippen molar-refractivity contribution in [2.45, 2.75) is 32.0 Å². The lowest BCUT2D eigenvalue weighted by Crippen LogP contribution is -2.41. The first-order valence-electron chi connectivity index (χ1n) is 8.63. The van der Waals surface area contributed by atoms with E-state index in [4.69, 9.17) is 4.74 Å². The van der Waals surface area contributed by atoms with E-state index < -0.39 is 0 Å². The number of nitrogens with zero attached hydrogens (tertiary/aromatic N) is 7. The van der Waals surface area contributed by atoms with Crippen LogP contribution < -0.4 is 0 Å². The highest BCUT2D eigenvalue weighted by Crippen LogP contribution is 2.15. The second-order valence-corrected chi connectivity index (χ2v) is 6.69. The number of tetrazole rings is 1. The maximum atomic E-state index is 12.5. The molecular weight excluding hydrogens is 310 g/mol. The van der Waals surface area contributed by atoms with Crippen molar-refractivity contribution in [1.29, 1.82) is 0 Å². The molecule has 0 saturated carbocycles. The topological polar surface area (TPSA) is 79.6 Å². The fourth-order valence-electron chi connectivity index (χ4n) is 3.30. The molecule has 0 unspecified atom stereocenters. The molecule has 1 aromatic rings. The highest BCUT2D eigenvalue weighted by molar-refractivity contribution is 5.75. The molecule has 2 fully saturated rings. The Bertz CT molecular complexity index is 544. The molecule has 2 aliphatic heterocycles. The van der Waals surface area contributed by atoms with Gasteiger partial charge in [-0.1, -0.05) is 0 Å². The number of carbonyl (C=O) groups is 1. The van der Waals surface area contributed by atoms with Crippen molar-refractivity contribution in [3.8, 4) is 0 Å². The minimum absolute atomic E-state index is 0.0471. The number of hydrogen-bond donors (Lipinski definition) is 0. The number of likely N-dealkylation sites (tertiary alicyclic amines) is 1. The lowest BCUT2D eigenvalue weighted by molar-refractivity contribution is -0.131. The quantitative estimate of drug-likeness (QED) is 0.663. The van der Waals surface area contributed by atoms with E-state index in [1.165, 1.54) is 6.42 Å². The first-order valence-corrected chi connectivity index (χ1v) is 8.63. The Morgan fingerprint density at radius 3 is 2.83 bits per heavy atom. The summed E-state index contributed by atoms with van der Waals surface area (Å²) in [6.45, 7) is 5.93. The number of amides is 1. The Labute approximate surface area is 142 Å². The second kappa shape index (κ2) is 8.00. The number of morpholine rings is 1. The standard InChI is InChI=1S/C15H27N7O2/c1-19-5-3-4-13(19)10-20(2)15(23)12-22-14(16-17-18-22)11-21-6-8-24-9-7-21/h13H,3-12H2,1-2H3/t13-/m0/s1. The maximum Gasteiger partial charge on any atom is 0.244 e. The van der Waals surface area contributed by atoms with Gasteiger partial charge in [-0.05, 0) is 36.9 Å². The summed E-state index contributed by atoms with van der Waals surface area (Å²) in [6.07, 6.45) is 2.36. The van der Waals surface area contributed by atoms with Crippen LogP contribution >= 0.6 is 0 Å². The van der Waals surface area contributed by atoms with Crippen LogP contribution in [0.15, 0.2) is 0 Å². The summed E-state index contributed by atoms with van der Waals surface area (Å²) in [5.74, 6) is 0.780. The molecule has 0 spiro atoms. The molecule has 0 N–H and O–H groups in total. The van der Waals surface area contributed by atoms with Crippen LogP contribution in [0.5, 0.6) is 0 Å². The first kappa shape index (κ1) is 17.2. The number of hydrogen-bond acceptors (Lipinski definition) is 7. The van der Waals surface area contributed by atoms with Gasteiger partial charge in [0.15, 0.2) is 5.82 Å². The van der Waals surface area contributed by atoms with E-state index in [0.717, 1.165) is 51.6 Å². The van der Waals surface area contributed by atoms with Crippen LogP contribution in [0.2, 0.25) is 0 Å². The molecule has 2 saturated heterocycles. The van der Waals surface area contributed by atoms with Crippen molar-refractivity contribution in [3.05, 3.63) is 5.82 Å². The monoisotopic (exact) mass is 337 g/mol. The molecule has 1 atom stereocenters. The third-order valence-corrected chi connectivity index (χ3v) is 4.94. The van der Waals surface area contributed by atoms with Crippen molar-refractivity contribution < 1.29 is 9.53 Å². The predicted octanol–water partition coefficient (Wildman–Crippen LogP) is -0.942. The predicted molar refractivity (Wildman–Crippen MR) is 87.2 cm³/mol. The van der Waals surface area contributed by atoms with Crippen LogP contribution in [0.3, 0.4) is 0 Å². The zero-order valence-electron chi connectivity index (χ0n) is 14.6. The Kier molecular flexibility index (Phi) is 5.75. The third-order valence-electron chi connectivity index (χ3n) is 4.94. The summed E-state index contributed by atoms with van der Waals surface area (Å²) in [6, 6.07) is 0.459. The van der Waals surface area contributed by atoms with E-state index in [0.29, 0.717) is 12.6 Å². The van der Waals surface area contributed by atoms with Crippen molar-refractivity contribution in [1.82, 2.24) is 34.9 Å². The second-order valence-electron chi connectivity index (χ2n) is 6.69. The van der Waals surface area contributed by atoms with Crippen molar-refractivity contribution in [3.63, 3.8) is 0 Å². The first-order chi connectivity index (χ1) is 11.6. The van der Waals surface area contributed by atoms with Gasteiger partial charge in [0, 0.05) is 32.7 Å². The molecule has 9 nitrogen and oxygen atoms in total. The molecule has 0 aromatic carbocycles. The maximum absolute atomic E-state index is 12.5. The van der Waals surface area contributed by atoms with E-state index in [2.05, 4.69) is 32.4 Å². The van der Waals surface area contributed by atoms with Gasteiger partial charge in [-0.15, -0.1) is 5.10 Å². The third kappa shape index (κ3) is 4.28. The zero-order valence-corrected chi connectivity index (χ0v) is 14.6. The Balaban J connectivity index is 1.53. The minimum Gasteiger partial charge on any atom is -0.379 e. The summed E-state index contributed by atoms with van der Waals surface area (Å²) in [4.78, 5) is 18.9. The van der Waals surface area contributed by atoms with E-state index in [-0.39, 0.29) is 12.5 Å². The van der Waals surface area contributed by atoms with Gasteiger partial charge in [-0.2, -0.15) is 0 Å². The van der Waals surface area contributed by atoms with Gasteiger partial charge in [-0.3, -0.25) is 9.69 Å². The molecule has 1 aromatic heterocycles. The average Bonchev–Trinajstić information content (AvgIpc) is 3.18. The smallest absolute Gasteiger partial charge is 0.244 e. The van der Waals surface area contributed by atoms with E-state index in [1.807, 2.05) is 7.05 Å². The molecule has 3 rings (SSSR count). The van der Waals surface area contributed by atoms with Gasteiger partial charge in [0.1, 0.15) is 6.54 Å². The largest absolute Gasteiger partial charge is 0.379 e. The minimum atomic E-state index is 0.0471. The van der Waals surface area contributed by atoms with Crippen LogP contribution in [-0.4, -0.2) is 100 Å². The summed E-state index contributed by atoms with van der Waals surface area (Å²) < 4.78 is 6.97. The number of ether oxygens (including phenoxy) is 1. The fraction of sp³-hybridized carbons (Fsp3) is 0.867. The summed E-state index contributed by atoms with van der Waals surface area (Å²) >= 11 is 0. The van der Waals surface area contributed by atoms with Crippen LogP contribution in [-0.2, 0) is 22.6 Å². The molecule has 2 aliphatic rings. The number of rotatable bonds is 6.